The van der Waals surface area contributed by atoms with Crippen molar-refractivity contribution in [3.63, 3.8) is 0 Å². The highest BCUT2D eigenvalue weighted by Crippen LogP contribution is 2.18. The quantitative estimate of drug-likeness (QED) is 0.810. The molecule has 2 N–H and O–H groups in total. The fraction of sp³-hybridized carbons (Fsp3) is 0.375. The average Bonchev–Trinajstić information content (AvgIpc) is 2.94. The van der Waals surface area contributed by atoms with Crippen LogP contribution in [0, 0.1) is 0 Å². The zero-order valence-corrected chi connectivity index (χ0v) is 15.0. The van der Waals surface area contributed by atoms with E-state index in [1.807, 2.05) is 0 Å². The molecule has 134 valence electrons. The van der Waals surface area contributed by atoms with Crippen molar-refractivity contribution in [2.45, 2.75) is 12.5 Å². The van der Waals surface area contributed by atoms with Gasteiger partial charge in [-0.05, 0) is 30.7 Å². The molecule has 0 radical (unpaired) electrons. The number of benzene rings is 1. The van der Waals surface area contributed by atoms with Crippen molar-refractivity contribution in [1.82, 2.24) is 5.32 Å². The summed E-state index contributed by atoms with van der Waals surface area (Å²) in [6, 6.07) is 6.06. The Bertz CT molecular complexity index is 802. The maximum Gasteiger partial charge on any atom is 0.291 e. The van der Waals surface area contributed by atoms with Crippen molar-refractivity contribution in [1.29, 1.82) is 0 Å². The number of carbonyl (C=O) groups is 2. The van der Waals surface area contributed by atoms with E-state index >= 15 is 0 Å². The lowest BCUT2D eigenvalue weighted by Crippen LogP contribution is -2.35. The standard InChI is InChI=1S/C16H18N2O5S2/c19-15(18-13-5-8-25(21,22)10-13)11-1-3-12(4-2-11)17-16(20)14-9-24-7-6-23-14/h1-4,9,13H,5-8,10H2,(H,17,20)(H,18,19)/t13-/m1/s1. The molecular weight excluding hydrogens is 364 g/mol. The molecule has 2 aliphatic heterocycles. The fourth-order valence-electron chi connectivity index (χ4n) is 2.56. The second-order valence-electron chi connectivity index (χ2n) is 5.81. The summed E-state index contributed by atoms with van der Waals surface area (Å²) in [4.78, 5) is 24.2. The zero-order chi connectivity index (χ0) is 17.9. The molecule has 3 rings (SSSR count). The molecule has 0 spiro atoms. The highest BCUT2D eigenvalue weighted by molar-refractivity contribution is 8.02. The van der Waals surface area contributed by atoms with E-state index in [0.29, 0.717) is 24.3 Å². The van der Waals surface area contributed by atoms with E-state index in [2.05, 4.69) is 10.6 Å². The molecule has 1 aromatic carbocycles. The summed E-state index contributed by atoms with van der Waals surface area (Å²) < 4.78 is 28.1. The van der Waals surface area contributed by atoms with E-state index < -0.39 is 9.84 Å². The van der Waals surface area contributed by atoms with Gasteiger partial charge < -0.3 is 15.4 Å². The molecule has 9 heteroatoms. The molecule has 2 amide bonds. The fourth-order valence-corrected chi connectivity index (χ4v) is 4.86. The Morgan fingerprint density at radius 3 is 2.52 bits per heavy atom. The minimum absolute atomic E-state index is 0.0139. The molecule has 1 atom stereocenters. The SMILES string of the molecule is O=C(Nc1ccc(C(=O)N[C@@H]2CCS(=O)(=O)C2)cc1)C1=CSCCO1. The number of thioether (sulfide) groups is 1. The summed E-state index contributed by atoms with van der Waals surface area (Å²) in [5.74, 6) is 0.540. The molecule has 1 fully saturated rings. The van der Waals surface area contributed by atoms with Gasteiger partial charge in [-0.3, -0.25) is 9.59 Å². The molecule has 2 aliphatic rings. The molecule has 1 aromatic rings. The Morgan fingerprint density at radius 2 is 1.92 bits per heavy atom. The number of amides is 2. The van der Waals surface area contributed by atoms with Gasteiger partial charge in [0.05, 0.1) is 18.1 Å². The third-order valence-corrected chi connectivity index (χ3v) is 6.40. The molecule has 7 nitrogen and oxygen atoms in total. The monoisotopic (exact) mass is 382 g/mol. The summed E-state index contributed by atoms with van der Waals surface area (Å²) >= 11 is 1.52. The van der Waals surface area contributed by atoms with Crippen LogP contribution in [0.2, 0.25) is 0 Å². The third kappa shape index (κ3) is 4.76. The molecular formula is C16H18N2O5S2. The molecule has 0 bridgehead atoms. The van der Waals surface area contributed by atoms with Crippen LogP contribution in [-0.4, -0.2) is 50.1 Å². The van der Waals surface area contributed by atoms with E-state index in [9.17, 15) is 18.0 Å². The van der Waals surface area contributed by atoms with Gasteiger partial charge in [0.15, 0.2) is 15.6 Å². The van der Waals surface area contributed by atoms with Crippen LogP contribution < -0.4 is 10.6 Å². The molecule has 0 aromatic heterocycles. The van der Waals surface area contributed by atoms with Gasteiger partial charge in [-0.2, -0.15) is 0 Å². The van der Waals surface area contributed by atoms with Crippen LogP contribution in [0.4, 0.5) is 5.69 Å². The van der Waals surface area contributed by atoms with Gasteiger partial charge in [0, 0.05) is 28.5 Å². The lowest BCUT2D eigenvalue weighted by atomic mass is 10.1. The highest BCUT2D eigenvalue weighted by Gasteiger charge is 2.29. The topological polar surface area (TPSA) is 102 Å². The molecule has 0 saturated carbocycles. The first-order valence-corrected chi connectivity index (χ1v) is 10.7. The first kappa shape index (κ1) is 17.8. The second kappa shape index (κ2) is 7.49. The summed E-state index contributed by atoms with van der Waals surface area (Å²) in [6.07, 6.45) is 0.440. The van der Waals surface area contributed by atoms with E-state index in [1.165, 1.54) is 11.8 Å². The van der Waals surface area contributed by atoms with Crippen molar-refractivity contribution in [3.8, 4) is 0 Å². The Balaban J connectivity index is 1.57. The number of nitrogens with one attached hydrogen (secondary N) is 2. The number of ether oxygens (including phenoxy) is 1. The third-order valence-electron chi connectivity index (χ3n) is 3.85. The van der Waals surface area contributed by atoms with E-state index in [4.69, 9.17) is 4.74 Å². The van der Waals surface area contributed by atoms with Gasteiger partial charge in [-0.1, -0.05) is 0 Å². The number of hydrogen-bond acceptors (Lipinski definition) is 6. The Hall–Kier alpha value is -2.00. The first-order chi connectivity index (χ1) is 11.9. The summed E-state index contributed by atoms with van der Waals surface area (Å²) in [5, 5.41) is 7.11. The number of rotatable bonds is 4. The van der Waals surface area contributed by atoms with Gasteiger partial charge in [0.2, 0.25) is 0 Å². The number of carbonyl (C=O) groups excluding carboxylic acids is 2. The predicted molar refractivity (Wildman–Crippen MR) is 96.1 cm³/mol. The summed E-state index contributed by atoms with van der Waals surface area (Å²) in [7, 11) is -3.04. The van der Waals surface area contributed by atoms with Gasteiger partial charge >= 0.3 is 0 Å². The van der Waals surface area contributed by atoms with Gasteiger partial charge in [-0.25, -0.2) is 8.42 Å². The second-order valence-corrected chi connectivity index (χ2v) is 9.01. The van der Waals surface area contributed by atoms with Crippen LogP contribution in [0.25, 0.3) is 0 Å². The molecule has 0 unspecified atom stereocenters. The summed E-state index contributed by atoms with van der Waals surface area (Å²) in [5.41, 5.74) is 0.955. The number of anilines is 1. The maximum absolute atomic E-state index is 12.2. The average molecular weight is 382 g/mol. The van der Waals surface area contributed by atoms with Gasteiger partial charge in [0.1, 0.15) is 0 Å². The van der Waals surface area contributed by atoms with E-state index in [0.717, 1.165) is 5.75 Å². The minimum Gasteiger partial charge on any atom is -0.487 e. The van der Waals surface area contributed by atoms with Crippen molar-refractivity contribution >= 4 is 39.1 Å². The molecule has 2 heterocycles. The van der Waals surface area contributed by atoms with Crippen LogP contribution in [0.5, 0.6) is 0 Å². The van der Waals surface area contributed by atoms with Crippen LogP contribution in [0.3, 0.4) is 0 Å². The van der Waals surface area contributed by atoms with Crippen LogP contribution in [0.15, 0.2) is 35.4 Å². The van der Waals surface area contributed by atoms with Crippen LogP contribution >= 0.6 is 11.8 Å². The maximum atomic E-state index is 12.2. The van der Waals surface area contributed by atoms with Crippen molar-refractivity contribution in [2.75, 3.05) is 29.2 Å². The molecule has 1 saturated heterocycles. The lowest BCUT2D eigenvalue weighted by molar-refractivity contribution is -0.116. The van der Waals surface area contributed by atoms with Crippen LogP contribution in [0.1, 0.15) is 16.8 Å². The number of hydrogen-bond donors (Lipinski definition) is 2. The Kier molecular flexibility index (Phi) is 5.33. The number of sulfone groups is 1. The Morgan fingerprint density at radius 1 is 1.16 bits per heavy atom. The predicted octanol–water partition coefficient (Wildman–Crippen LogP) is 1.15. The molecule has 25 heavy (non-hydrogen) atoms. The Labute approximate surface area is 150 Å². The molecule has 0 aliphatic carbocycles. The van der Waals surface area contributed by atoms with E-state index in [1.54, 1.807) is 29.7 Å². The van der Waals surface area contributed by atoms with Crippen molar-refractivity contribution in [2.24, 2.45) is 0 Å². The van der Waals surface area contributed by atoms with Crippen LogP contribution in [-0.2, 0) is 19.4 Å². The summed E-state index contributed by atoms with van der Waals surface area (Å²) in [6.45, 7) is 0.500. The van der Waals surface area contributed by atoms with Crippen molar-refractivity contribution in [3.05, 3.63) is 41.0 Å². The smallest absolute Gasteiger partial charge is 0.291 e. The van der Waals surface area contributed by atoms with E-state index in [-0.39, 0.29) is 35.1 Å². The normalized spacial score (nSPS) is 21.8. The van der Waals surface area contributed by atoms with Gasteiger partial charge in [-0.15, -0.1) is 11.8 Å². The minimum atomic E-state index is -3.04. The highest BCUT2D eigenvalue weighted by atomic mass is 32.2. The van der Waals surface area contributed by atoms with Crippen molar-refractivity contribution < 1.29 is 22.7 Å². The zero-order valence-electron chi connectivity index (χ0n) is 13.4. The lowest BCUT2D eigenvalue weighted by Gasteiger charge is -2.14. The van der Waals surface area contributed by atoms with Gasteiger partial charge in [0.25, 0.3) is 11.8 Å². The first-order valence-electron chi connectivity index (χ1n) is 7.80. The largest absolute Gasteiger partial charge is 0.487 e.